The minimum atomic E-state index is -0.407. The fourth-order valence-electron chi connectivity index (χ4n) is 3.28. The maximum absolute atomic E-state index is 10.3. The molecule has 6 heteroatoms. The first-order valence-electron chi connectivity index (χ1n) is 8.32. The number of aliphatic hydroxyl groups is 1. The predicted molar refractivity (Wildman–Crippen MR) is 91.7 cm³/mol. The van der Waals surface area contributed by atoms with Crippen LogP contribution in [0.25, 0.3) is 5.52 Å². The number of likely N-dealkylation sites (N-methyl/N-ethyl adjacent to an activating group) is 1. The van der Waals surface area contributed by atoms with Gasteiger partial charge in [0.1, 0.15) is 6.07 Å². The molecule has 0 spiro atoms. The van der Waals surface area contributed by atoms with Crippen LogP contribution in [0.1, 0.15) is 11.1 Å². The minimum Gasteiger partial charge on any atom is -0.390 e. The highest BCUT2D eigenvalue weighted by molar-refractivity contribution is 5.65. The van der Waals surface area contributed by atoms with Gasteiger partial charge in [0.05, 0.1) is 30.4 Å². The third-order valence-corrected chi connectivity index (χ3v) is 4.41. The number of nitriles is 1. The average Bonchev–Trinajstić information content (AvgIpc) is 2.92. The average molecular weight is 328 g/mol. The summed E-state index contributed by atoms with van der Waals surface area (Å²) >= 11 is 0. The lowest BCUT2D eigenvalue weighted by Crippen LogP contribution is -2.43. The van der Waals surface area contributed by atoms with Crippen LogP contribution in [0.4, 0.5) is 0 Å². The summed E-state index contributed by atoms with van der Waals surface area (Å²) < 4.78 is 7.31. The van der Waals surface area contributed by atoms with Gasteiger partial charge >= 0.3 is 0 Å². The number of morpholine rings is 1. The molecule has 1 atom stereocenters. The Bertz CT molecular complexity index is 715. The van der Waals surface area contributed by atoms with Crippen molar-refractivity contribution in [2.45, 2.75) is 12.6 Å². The molecule has 1 saturated heterocycles. The number of fused-ring (bicyclic) bond motifs is 1. The molecule has 3 heterocycles. The zero-order valence-corrected chi connectivity index (χ0v) is 14.1. The van der Waals surface area contributed by atoms with E-state index in [1.165, 1.54) is 0 Å². The first-order chi connectivity index (χ1) is 11.7. The largest absolute Gasteiger partial charge is 0.390 e. The molecule has 2 aromatic rings. The fraction of sp³-hybridized carbons (Fsp3) is 0.500. The summed E-state index contributed by atoms with van der Waals surface area (Å²) in [5, 5.41) is 19.8. The lowest BCUT2D eigenvalue weighted by atomic mass is 10.1. The van der Waals surface area contributed by atoms with Gasteiger partial charge in [0.15, 0.2) is 0 Å². The van der Waals surface area contributed by atoms with E-state index in [-0.39, 0.29) is 0 Å². The molecular weight excluding hydrogens is 304 g/mol. The van der Waals surface area contributed by atoms with Crippen molar-refractivity contribution in [3.63, 3.8) is 0 Å². The van der Waals surface area contributed by atoms with Crippen molar-refractivity contribution < 1.29 is 9.84 Å². The molecule has 0 aliphatic carbocycles. The fourth-order valence-corrected chi connectivity index (χ4v) is 3.28. The summed E-state index contributed by atoms with van der Waals surface area (Å²) in [6.45, 7) is 5.13. The second kappa shape index (κ2) is 7.77. The van der Waals surface area contributed by atoms with Gasteiger partial charge in [-0.1, -0.05) is 6.07 Å². The van der Waals surface area contributed by atoms with Gasteiger partial charge in [-0.15, -0.1) is 0 Å². The number of hydrogen-bond acceptors (Lipinski definition) is 5. The molecular formula is C18H24N4O2. The Morgan fingerprint density at radius 3 is 2.92 bits per heavy atom. The Morgan fingerprint density at radius 2 is 2.17 bits per heavy atom. The van der Waals surface area contributed by atoms with Crippen molar-refractivity contribution in [3.05, 3.63) is 41.7 Å². The van der Waals surface area contributed by atoms with Gasteiger partial charge in [-0.2, -0.15) is 5.26 Å². The second-order valence-corrected chi connectivity index (χ2v) is 6.40. The summed E-state index contributed by atoms with van der Waals surface area (Å²) in [4.78, 5) is 4.30. The summed E-state index contributed by atoms with van der Waals surface area (Å²) in [6.07, 6.45) is 3.54. The molecule has 1 N–H and O–H groups in total. The number of nitrogens with zero attached hydrogens (tertiary/aromatic N) is 4. The first kappa shape index (κ1) is 16.9. The molecule has 1 unspecified atom stereocenters. The van der Waals surface area contributed by atoms with Crippen molar-refractivity contribution >= 4 is 5.52 Å². The Labute approximate surface area is 142 Å². The number of hydrogen-bond donors (Lipinski definition) is 1. The second-order valence-electron chi connectivity index (χ2n) is 6.40. The van der Waals surface area contributed by atoms with Crippen LogP contribution >= 0.6 is 0 Å². The molecule has 0 radical (unpaired) electrons. The highest BCUT2D eigenvalue weighted by atomic mass is 16.5. The van der Waals surface area contributed by atoms with E-state index >= 15 is 0 Å². The highest BCUT2D eigenvalue weighted by Crippen LogP contribution is 2.19. The summed E-state index contributed by atoms with van der Waals surface area (Å²) in [6, 6.07) is 8.16. The van der Waals surface area contributed by atoms with Gasteiger partial charge in [0, 0.05) is 50.7 Å². The molecule has 2 aromatic heterocycles. The van der Waals surface area contributed by atoms with Crippen molar-refractivity contribution in [1.29, 1.82) is 5.26 Å². The normalized spacial score (nSPS) is 17.2. The Kier molecular flexibility index (Phi) is 5.48. The quantitative estimate of drug-likeness (QED) is 0.855. The molecule has 1 aliphatic heterocycles. The van der Waals surface area contributed by atoms with Crippen LogP contribution in [0.5, 0.6) is 0 Å². The molecule has 24 heavy (non-hydrogen) atoms. The third kappa shape index (κ3) is 3.94. The molecule has 1 aliphatic rings. The highest BCUT2D eigenvalue weighted by Gasteiger charge is 2.17. The van der Waals surface area contributed by atoms with Crippen LogP contribution in [-0.2, 0) is 11.3 Å². The van der Waals surface area contributed by atoms with E-state index in [4.69, 9.17) is 4.74 Å². The maximum Gasteiger partial charge on any atom is 0.102 e. The summed E-state index contributed by atoms with van der Waals surface area (Å²) in [5.41, 5.74) is 2.63. The maximum atomic E-state index is 10.3. The van der Waals surface area contributed by atoms with Crippen LogP contribution in [0.15, 0.2) is 30.6 Å². The SMILES string of the molecule is CN(Cc1cn2ccccc2c1C#N)CC(O)CN1CCOCC1. The molecule has 1 fully saturated rings. The van der Waals surface area contributed by atoms with Crippen molar-refractivity contribution in [2.24, 2.45) is 0 Å². The van der Waals surface area contributed by atoms with Crippen molar-refractivity contribution in [3.8, 4) is 6.07 Å². The van der Waals surface area contributed by atoms with Crippen LogP contribution < -0.4 is 0 Å². The van der Waals surface area contributed by atoms with E-state index in [1.54, 1.807) is 0 Å². The van der Waals surface area contributed by atoms with Gasteiger partial charge in [0.25, 0.3) is 0 Å². The summed E-state index contributed by atoms with van der Waals surface area (Å²) in [7, 11) is 1.98. The van der Waals surface area contributed by atoms with E-state index in [2.05, 4.69) is 15.9 Å². The van der Waals surface area contributed by atoms with Gasteiger partial charge in [0.2, 0.25) is 0 Å². The molecule has 6 nitrogen and oxygen atoms in total. The minimum absolute atomic E-state index is 0.407. The number of aromatic nitrogens is 1. The topological polar surface area (TPSA) is 64.1 Å². The van der Waals surface area contributed by atoms with Crippen LogP contribution in [-0.4, -0.2) is 71.9 Å². The third-order valence-electron chi connectivity index (χ3n) is 4.41. The standard InChI is InChI=1S/C18H24N4O2/c1-20(13-16(23)14-21-6-8-24-9-7-21)11-15-12-22-5-3-2-4-18(22)17(15)10-19/h2-5,12,16,23H,6-9,11,13-14H2,1H3. The lowest BCUT2D eigenvalue weighted by Gasteiger charge is -2.30. The molecule has 0 saturated carbocycles. The van der Waals surface area contributed by atoms with Crippen LogP contribution in [0.2, 0.25) is 0 Å². The van der Waals surface area contributed by atoms with Crippen LogP contribution in [0, 0.1) is 11.3 Å². The molecule has 128 valence electrons. The van der Waals surface area contributed by atoms with E-state index < -0.39 is 6.10 Å². The number of ether oxygens (including phenoxy) is 1. The Morgan fingerprint density at radius 1 is 1.38 bits per heavy atom. The first-order valence-corrected chi connectivity index (χ1v) is 8.32. The molecule has 0 aromatic carbocycles. The van der Waals surface area contributed by atoms with E-state index in [0.717, 1.165) is 37.4 Å². The van der Waals surface area contributed by atoms with Crippen molar-refractivity contribution in [1.82, 2.24) is 14.2 Å². The number of rotatable bonds is 6. The van der Waals surface area contributed by atoms with Gasteiger partial charge in [-0.25, -0.2) is 0 Å². The van der Waals surface area contributed by atoms with Gasteiger partial charge < -0.3 is 14.2 Å². The van der Waals surface area contributed by atoms with Crippen LogP contribution in [0.3, 0.4) is 0 Å². The van der Waals surface area contributed by atoms with Crippen molar-refractivity contribution in [2.75, 3.05) is 46.4 Å². The number of β-amino-alcohol motifs (C(OH)–C–C–N with tert-alkyl or cyclic N) is 1. The number of aliphatic hydroxyl groups excluding tert-OH is 1. The molecule has 0 bridgehead atoms. The number of pyridine rings is 1. The van der Waals surface area contributed by atoms with E-state index in [9.17, 15) is 10.4 Å². The molecule has 3 rings (SSSR count). The Hall–Kier alpha value is -1.91. The summed E-state index contributed by atoms with van der Waals surface area (Å²) in [5.74, 6) is 0. The zero-order valence-electron chi connectivity index (χ0n) is 14.1. The lowest BCUT2D eigenvalue weighted by molar-refractivity contribution is 0.00825. The monoisotopic (exact) mass is 328 g/mol. The van der Waals surface area contributed by atoms with E-state index in [0.29, 0.717) is 25.2 Å². The zero-order chi connectivity index (χ0) is 16.9. The van der Waals surface area contributed by atoms with E-state index in [1.807, 2.05) is 42.0 Å². The smallest absolute Gasteiger partial charge is 0.102 e. The Balaban J connectivity index is 1.60. The van der Waals surface area contributed by atoms with Gasteiger partial charge in [-0.3, -0.25) is 9.80 Å². The predicted octanol–water partition coefficient (Wildman–Crippen LogP) is 0.936. The molecule has 0 amide bonds. The van der Waals surface area contributed by atoms with Gasteiger partial charge in [-0.05, 0) is 19.2 Å².